The van der Waals surface area contributed by atoms with Crippen LogP contribution in [-0.2, 0) is 24.8 Å². The first-order chi connectivity index (χ1) is 9.65. The molecule has 0 saturated heterocycles. The number of benzene rings is 1. The van der Waals surface area contributed by atoms with E-state index >= 15 is 0 Å². The monoisotopic (exact) mass is 273 g/mol. The van der Waals surface area contributed by atoms with E-state index in [1.807, 2.05) is 30.3 Å². The quantitative estimate of drug-likeness (QED) is 0.797. The van der Waals surface area contributed by atoms with Gasteiger partial charge in [-0.3, -0.25) is 9.48 Å². The molecule has 0 bridgehead atoms. The van der Waals surface area contributed by atoms with Crippen molar-refractivity contribution < 1.29 is 4.79 Å². The molecule has 2 rings (SSSR count). The van der Waals surface area contributed by atoms with Gasteiger partial charge in [0, 0.05) is 7.05 Å². The Morgan fingerprint density at radius 1 is 1.40 bits per heavy atom. The van der Waals surface area contributed by atoms with Crippen LogP contribution in [0.25, 0.3) is 0 Å². The van der Waals surface area contributed by atoms with Crippen LogP contribution in [0.3, 0.4) is 0 Å². The Kier molecular flexibility index (Phi) is 4.84. The maximum atomic E-state index is 11.8. The predicted molar refractivity (Wildman–Crippen MR) is 75.6 cm³/mol. The highest BCUT2D eigenvalue weighted by atomic mass is 16.2. The molecule has 0 spiro atoms. The van der Waals surface area contributed by atoms with E-state index in [2.05, 4.69) is 15.4 Å². The van der Waals surface area contributed by atoms with Crippen LogP contribution in [0.2, 0.25) is 0 Å². The molecule has 6 heteroatoms. The number of aryl methyl sites for hydroxylation is 2. The van der Waals surface area contributed by atoms with Crippen molar-refractivity contribution in [3.63, 3.8) is 0 Å². The number of carbonyl (C=O) groups excluding carboxylic acids is 1. The lowest BCUT2D eigenvalue weighted by atomic mass is 10.1. The summed E-state index contributed by atoms with van der Waals surface area (Å²) in [5.41, 5.74) is 7.06. The maximum absolute atomic E-state index is 11.8. The minimum atomic E-state index is -0.515. The zero-order chi connectivity index (χ0) is 14.4. The van der Waals surface area contributed by atoms with Crippen molar-refractivity contribution >= 4 is 5.91 Å². The lowest BCUT2D eigenvalue weighted by molar-refractivity contribution is -0.122. The average molecular weight is 273 g/mol. The van der Waals surface area contributed by atoms with Crippen molar-refractivity contribution in [1.82, 2.24) is 20.1 Å². The zero-order valence-corrected chi connectivity index (χ0v) is 11.5. The van der Waals surface area contributed by atoms with Crippen molar-refractivity contribution in [2.75, 3.05) is 0 Å². The van der Waals surface area contributed by atoms with E-state index in [1.54, 1.807) is 18.1 Å². The molecule has 3 N–H and O–H groups in total. The summed E-state index contributed by atoms with van der Waals surface area (Å²) in [5, 5.41) is 6.83. The molecular formula is C14H19N5O. The van der Waals surface area contributed by atoms with Gasteiger partial charge in [0.2, 0.25) is 5.91 Å². The van der Waals surface area contributed by atoms with Gasteiger partial charge in [-0.15, -0.1) is 0 Å². The Labute approximate surface area is 118 Å². The van der Waals surface area contributed by atoms with Crippen LogP contribution in [0.5, 0.6) is 0 Å². The van der Waals surface area contributed by atoms with Crippen LogP contribution in [-0.4, -0.2) is 26.7 Å². The molecule has 6 nitrogen and oxygen atoms in total. The molecule has 20 heavy (non-hydrogen) atoms. The second-order valence-electron chi connectivity index (χ2n) is 4.68. The van der Waals surface area contributed by atoms with Gasteiger partial charge >= 0.3 is 0 Å². The number of hydrogen-bond acceptors (Lipinski definition) is 4. The molecule has 1 aromatic carbocycles. The fourth-order valence-corrected chi connectivity index (χ4v) is 1.86. The first-order valence-corrected chi connectivity index (χ1v) is 6.57. The molecule has 0 unspecified atom stereocenters. The number of nitrogens with zero attached hydrogens (tertiary/aromatic N) is 3. The number of carbonyl (C=O) groups is 1. The number of rotatable bonds is 6. The van der Waals surface area contributed by atoms with Crippen molar-refractivity contribution in [1.29, 1.82) is 0 Å². The number of hydrogen-bond donors (Lipinski definition) is 2. The lowest BCUT2D eigenvalue weighted by Gasteiger charge is -2.11. The van der Waals surface area contributed by atoms with Crippen LogP contribution in [0, 0.1) is 0 Å². The third-order valence-corrected chi connectivity index (χ3v) is 2.99. The van der Waals surface area contributed by atoms with Crippen LogP contribution in [0.15, 0.2) is 36.7 Å². The predicted octanol–water partition coefficient (Wildman–Crippen LogP) is 0.391. The van der Waals surface area contributed by atoms with Gasteiger partial charge in [0.05, 0.1) is 12.6 Å². The van der Waals surface area contributed by atoms with E-state index in [4.69, 9.17) is 5.73 Å². The van der Waals surface area contributed by atoms with E-state index in [-0.39, 0.29) is 5.91 Å². The molecule has 0 radical (unpaired) electrons. The van der Waals surface area contributed by atoms with E-state index in [0.29, 0.717) is 18.8 Å². The summed E-state index contributed by atoms with van der Waals surface area (Å²) in [5.74, 6) is 0.407. The topological polar surface area (TPSA) is 85.8 Å². The largest absolute Gasteiger partial charge is 0.347 e. The summed E-state index contributed by atoms with van der Waals surface area (Å²) in [7, 11) is 1.78. The maximum Gasteiger partial charge on any atom is 0.237 e. The zero-order valence-electron chi connectivity index (χ0n) is 11.5. The highest BCUT2D eigenvalue weighted by molar-refractivity contribution is 5.81. The van der Waals surface area contributed by atoms with Gasteiger partial charge < -0.3 is 11.1 Å². The Morgan fingerprint density at radius 2 is 2.15 bits per heavy atom. The van der Waals surface area contributed by atoms with Crippen LogP contribution in [0.1, 0.15) is 17.8 Å². The number of nitrogens with two attached hydrogens (primary N) is 1. The van der Waals surface area contributed by atoms with E-state index in [1.165, 1.54) is 5.56 Å². The Balaban J connectivity index is 1.74. The summed E-state index contributed by atoms with van der Waals surface area (Å²) in [6.07, 6.45) is 3.00. The fraction of sp³-hybridized carbons (Fsp3) is 0.357. The third-order valence-electron chi connectivity index (χ3n) is 2.99. The molecular weight excluding hydrogens is 254 g/mol. The minimum Gasteiger partial charge on any atom is -0.347 e. The summed E-state index contributed by atoms with van der Waals surface area (Å²) in [6, 6.07) is 9.47. The first kappa shape index (κ1) is 14.2. The normalized spacial score (nSPS) is 12.1. The second kappa shape index (κ2) is 6.81. The summed E-state index contributed by atoms with van der Waals surface area (Å²) < 4.78 is 1.59. The molecule has 1 aromatic heterocycles. The standard InChI is InChI=1S/C14H19N5O/c1-19-10-17-13(18-19)9-16-14(20)12(15)8-7-11-5-3-2-4-6-11/h2-6,10,12H,7-9,15H2,1H3,(H,16,20)/t12-/m0/s1. The fourth-order valence-electron chi connectivity index (χ4n) is 1.86. The molecule has 1 heterocycles. The van der Waals surface area contributed by atoms with Crippen molar-refractivity contribution in [3.05, 3.63) is 48.0 Å². The van der Waals surface area contributed by atoms with Crippen molar-refractivity contribution in [2.45, 2.75) is 25.4 Å². The Hall–Kier alpha value is -2.21. The van der Waals surface area contributed by atoms with Crippen LogP contribution < -0.4 is 11.1 Å². The van der Waals surface area contributed by atoms with Gasteiger partial charge in [-0.05, 0) is 18.4 Å². The third kappa shape index (κ3) is 4.17. The van der Waals surface area contributed by atoms with Gasteiger partial charge in [0.25, 0.3) is 0 Å². The molecule has 2 aromatic rings. The first-order valence-electron chi connectivity index (χ1n) is 6.57. The molecule has 0 aliphatic rings. The van der Waals surface area contributed by atoms with E-state index in [0.717, 1.165) is 6.42 Å². The highest BCUT2D eigenvalue weighted by Crippen LogP contribution is 2.04. The average Bonchev–Trinajstić information content (AvgIpc) is 2.89. The molecule has 0 aliphatic heterocycles. The molecule has 0 aliphatic carbocycles. The second-order valence-corrected chi connectivity index (χ2v) is 4.68. The lowest BCUT2D eigenvalue weighted by Crippen LogP contribution is -2.40. The number of aromatic nitrogens is 3. The van der Waals surface area contributed by atoms with E-state index < -0.39 is 6.04 Å². The summed E-state index contributed by atoms with van der Waals surface area (Å²) in [6.45, 7) is 0.304. The molecule has 1 amide bonds. The Bertz CT molecular complexity index is 552. The Morgan fingerprint density at radius 3 is 2.80 bits per heavy atom. The van der Waals surface area contributed by atoms with Gasteiger partial charge in [-0.2, -0.15) is 5.10 Å². The smallest absolute Gasteiger partial charge is 0.237 e. The SMILES string of the molecule is Cn1cnc(CNC(=O)[C@@H](N)CCc2ccccc2)n1. The highest BCUT2D eigenvalue weighted by Gasteiger charge is 2.13. The number of nitrogens with one attached hydrogen (secondary N) is 1. The summed E-state index contributed by atoms with van der Waals surface area (Å²) in [4.78, 5) is 15.9. The van der Waals surface area contributed by atoms with Gasteiger partial charge in [0.15, 0.2) is 5.82 Å². The van der Waals surface area contributed by atoms with E-state index in [9.17, 15) is 4.79 Å². The van der Waals surface area contributed by atoms with Gasteiger partial charge in [-0.1, -0.05) is 30.3 Å². The van der Waals surface area contributed by atoms with Crippen LogP contribution in [0.4, 0.5) is 0 Å². The molecule has 0 saturated carbocycles. The molecule has 106 valence electrons. The number of amides is 1. The van der Waals surface area contributed by atoms with Crippen molar-refractivity contribution in [2.24, 2.45) is 12.8 Å². The van der Waals surface area contributed by atoms with Crippen LogP contribution >= 0.6 is 0 Å². The van der Waals surface area contributed by atoms with Gasteiger partial charge in [0.1, 0.15) is 6.33 Å². The van der Waals surface area contributed by atoms with Gasteiger partial charge in [-0.25, -0.2) is 4.98 Å². The minimum absolute atomic E-state index is 0.173. The summed E-state index contributed by atoms with van der Waals surface area (Å²) >= 11 is 0. The molecule has 0 fully saturated rings. The van der Waals surface area contributed by atoms with Crippen molar-refractivity contribution in [3.8, 4) is 0 Å². The molecule has 1 atom stereocenters.